The quantitative estimate of drug-likeness (QED) is 0.794. The van der Waals surface area contributed by atoms with Gasteiger partial charge in [0, 0.05) is 18.6 Å². The predicted molar refractivity (Wildman–Crippen MR) is 70.1 cm³/mol. The molecular weight excluding hydrogens is 249 g/mol. The summed E-state index contributed by atoms with van der Waals surface area (Å²) < 4.78 is 18.6. The molecule has 0 aliphatic heterocycles. The summed E-state index contributed by atoms with van der Waals surface area (Å²) in [6.45, 7) is 2.07. The third-order valence-corrected chi connectivity index (χ3v) is 2.15. The number of halogens is 1. The smallest absolute Gasteiger partial charge is 0.250 e. The Labute approximate surface area is 111 Å². The van der Waals surface area contributed by atoms with Crippen molar-refractivity contribution in [2.75, 3.05) is 25.1 Å². The lowest BCUT2D eigenvalue weighted by Gasteiger charge is -2.06. The number of benzene rings is 1. The molecule has 1 amide bonds. The first-order valence-corrected chi connectivity index (χ1v) is 5.94. The van der Waals surface area contributed by atoms with Crippen LogP contribution < -0.4 is 5.32 Å². The summed E-state index contributed by atoms with van der Waals surface area (Å²) in [7, 11) is 0. The van der Waals surface area contributed by atoms with Crippen molar-refractivity contribution in [2.45, 2.75) is 13.3 Å². The van der Waals surface area contributed by atoms with Gasteiger partial charge in [0.15, 0.2) is 0 Å². The van der Waals surface area contributed by atoms with E-state index in [-0.39, 0.29) is 18.9 Å². The van der Waals surface area contributed by atoms with Gasteiger partial charge in [-0.25, -0.2) is 4.39 Å². The highest BCUT2D eigenvalue weighted by molar-refractivity contribution is 5.91. The fourth-order valence-corrected chi connectivity index (χ4v) is 1.30. The fourth-order valence-electron chi connectivity index (χ4n) is 1.30. The Morgan fingerprint density at radius 1 is 1.53 bits per heavy atom. The van der Waals surface area contributed by atoms with E-state index in [9.17, 15) is 9.18 Å². The van der Waals surface area contributed by atoms with Gasteiger partial charge in [0.05, 0.1) is 12.3 Å². The molecule has 0 heterocycles. The highest BCUT2D eigenvalue weighted by atomic mass is 19.1. The van der Waals surface area contributed by atoms with Gasteiger partial charge in [0.1, 0.15) is 12.4 Å². The summed E-state index contributed by atoms with van der Waals surface area (Å²) in [6, 6.07) is 4.28. The zero-order chi connectivity index (χ0) is 14.1. The molecule has 0 aliphatic carbocycles. The van der Waals surface area contributed by atoms with Gasteiger partial charge in [-0.1, -0.05) is 11.8 Å². The predicted octanol–water partition coefficient (Wildman–Crippen LogP) is 1.53. The van der Waals surface area contributed by atoms with E-state index < -0.39 is 11.7 Å². The zero-order valence-electron chi connectivity index (χ0n) is 10.7. The van der Waals surface area contributed by atoms with Crippen LogP contribution in [0.4, 0.5) is 10.1 Å². The number of aliphatic hydroxyl groups is 1. The third kappa shape index (κ3) is 5.51. The van der Waals surface area contributed by atoms with Gasteiger partial charge in [-0.05, 0) is 25.1 Å². The first-order valence-electron chi connectivity index (χ1n) is 5.94. The SMILES string of the molecule is CCOCC(=O)Nc1ccc(C#CCCO)cc1F. The maximum Gasteiger partial charge on any atom is 0.250 e. The number of amides is 1. The molecule has 0 radical (unpaired) electrons. The average molecular weight is 265 g/mol. The van der Waals surface area contributed by atoms with Crippen LogP contribution in [0.25, 0.3) is 0 Å². The number of carbonyl (C=O) groups is 1. The molecule has 102 valence electrons. The average Bonchev–Trinajstić information content (AvgIpc) is 2.40. The summed E-state index contributed by atoms with van der Waals surface area (Å²) >= 11 is 0. The molecule has 4 nitrogen and oxygen atoms in total. The largest absolute Gasteiger partial charge is 0.395 e. The Bertz CT molecular complexity index is 491. The topological polar surface area (TPSA) is 58.6 Å². The van der Waals surface area contributed by atoms with E-state index in [2.05, 4.69) is 17.2 Å². The number of rotatable bonds is 5. The van der Waals surface area contributed by atoms with Crippen LogP contribution in [-0.2, 0) is 9.53 Å². The van der Waals surface area contributed by atoms with Crippen molar-refractivity contribution in [3.63, 3.8) is 0 Å². The molecule has 1 rings (SSSR count). The van der Waals surface area contributed by atoms with Crippen LogP contribution in [0.5, 0.6) is 0 Å². The second kappa shape index (κ2) is 8.25. The van der Waals surface area contributed by atoms with E-state index in [0.29, 0.717) is 18.6 Å². The van der Waals surface area contributed by atoms with E-state index >= 15 is 0 Å². The Hall–Kier alpha value is -1.90. The normalized spacial score (nSPS) is 9.63. The fraction of sp³-hybridized carbons (Fsp3) is 0.357. The van der Waals surface area contributed by atoms with Crippen LogP contribution in [0.2, 0.25) is 0 Å². The Morgan fingerprint density at radius 3 is 2.95 bits per heavy atom. The number of nitrogens with one attached hydrogen (secondary N) is 1. The lowest BCUT2D eigenvalue weighted by molar-refractivity contribution is -0.120. The van der Waals surface area contributed by atoms with E-state index in [1.165, 1.54) is 12.1 Å². The molecule has 2 N–H and O–H groups in total. The Balaban J connectivity index is 2.67. The van der Waals surface area contributed by atoms with Crippen LogP contribution in [0.15, 0.2) is 18.2 Å². The van der Waals surface area contributed by atoms with Crippen molar-refractivity contribution >= 4 is 11.6 Å². The molecule has 0 aliphatic rings. The highest BCUT2D eigenvalue weighted by Gasteiger charge is 2.07. The second-order valence-electron chi connectivity index (χ2n) is 3.66. The molecular formula is C14H16FNO3. The molecule has 0 spiro atoms. The molecule has 0 saturated heterocycles. The molecule has 0 fully saturated rings. The molecule has 0 bridgehead atoms. The van der Waals surface area contributed by atoms with Crippen LogP contribution in [0, 0.1) is 17.7 Å². The van der Waals surface area contributed by atoms with Gasteiger partial charge < -0.3 is 15.2 Å². The number of carbonyl (C=O) groups excluding carboxylic acids is 1. The van der Waals surface area contributed by atoms with Gasteiger partial charge in [-0.3, -0.25) is 4.79 Å². The number of hydrogen-bond acceptors (Lipinski definition) is 3. The highest BCUT2D eigenvalue weighted by Crippen LogP contribution is 2.15. The van der Waals surface area contributed by atoms with Crippen molar-refractivity contribution in [3.05, 3.63) is 29.6 Å². The monoisotopic (exact) mass is 265 g/mol. The van der Waals surface area contributed by atoms with Crippen molar-refractivity contribution in [3.8, 4) is 11.8 Å². The van der Waals surface area contributed by atoms with Crippen LogP contribution >= 0.6 is 0 Å². The zero-order valence-corrected chi connectivity index (χ0v) is 10.7. The molecule has 1 aromatic carbocycles. The Morgan fingerprint density at radius 2 is 2.32 bits per heavy atom. The second-order valence-corrected chi connectivity index (χ2v) is 3.66. The van der Waals surface area contributed by atoms with Gasteiger partial charge in [-0.15, -0.1) is 0 Å². The van der Waals surface area contributed by atoms with E-state index in [1.807, 2.05) is 0 Å². The van der Waals surface area contributed by atoms with Crippen molar-refractivity contribution < 1.29 is 19.0 Å². The molecule has 5 heteroatoms. The molecule has 0 atom stereocenters. The summed E-state index contributed by atoms with van der Waals surface area (Å²) in [5.74, 6) is 4.45. The van der Waals surface area contributed by atoms with Crippen LogP contribution in [0.3, 0.4) is 0 Å². The van der Waals surface area contributed by atoms with Crippen LogP contribution in [0.1, 0.15) is 18.9 Å². The first kappa shape index (κ1) is 15.2. The maximum absolute atomic E-state index is 13.7. The molecule has 1 aromatic rings. The van der Waals surface area contributed by atoms with Gasteiger partial charge in [0.2, 0.25) is 5.91 Å². The molecule has 0 saturated carbocycles. The molecule has 0 unspecified atom stereocenters. The number of ether oxygens (including phenoxy) is 1. The van der Waals surface area contributed by atoms with Crippen molar-refractivity contribution in [1.82, 2.24) is 0 Å². The Kier molecular flexibility index (Phi) is 6.58. The first-order chi connectivity index (χ1) is 9.17. The number of aliphatic hydroxyl groups excluding tert-OH is 1. The summed E-state index contributed by atoms with van der Waals surface area (Å²) in [4.78, 5) is 11.4. The van der Waals surface area contributed by atoms with Crippen LogP contribution in [-0.4, -0.2) is 30.8 Å². The van der Waals surface area contributed by atoms with Crippen molar-refractivity contribution in [1.29, 1.82) is 0 Å². The van der Waals surface area contributed by atoms with Crippen molar-refractivity contribution in [2.24, 2.45) is 0 Å². The summed E-state index contributed by atoms with van der Waals surface area (Å²) in [6.07, 6.45) is 0.342. The number of hydrogen-bond donors (Lipinski definition) is 2. The van der Waals surface area contributed by atoms with E-state index in [1.54, 1.807) is 13.0 Å². The lowest BCUT2D eigenvalue weighted by atomic mass is 10.2. The standard InChI is InChI=1S/C14H16FNO3/c1-2-19-10-14(18)16-13-7-6-11(9-12(13)15)5-3-4-8-17/h6-7,9,17H,2,4,8,10H2,1H3,(H,16,18). The third-order valence-electron chi connectivity index (χ3n) is 2.15. The minimum absolute atomic E-state index is 0.0267. The lowest BCUT2D eigenvalue weighted by Crippen LogP contribution is -2.18. The molecule has 0 aromatic heterocycles. The van der Waals surface area contributed by atoms with Gasteiger partial charge in [-0.2, -0.15) is 0 Å². The minimum Gasteiger partial charge on any atom is -0.395 e. The van der Waals surface area contributed by atoms with E-state index in [4.69, 9.17) is 9.84 Å². The molecule has 19 heavy (non-hydrogen) atoms. The minimum atomic E-state index is -0.555. The summed E-state index contributed by atoms with van der Waals surface area (Å²) in [5.41, 5.74) is 0.589. The summed E-state index contributed by atoms with van der Waals surface area (Å²) in [5, 5.41) is 11.0. The van der Waals surface area contributed by atoms with E-state index in [0.717, 1.165) is 0 Å². The maximum atomic E-state index is 13.7. The number of anilines is 1. The van der Waals surface area contributed by atoms with Gasteiger partial charge in [0.25, 0.3) is 0 Å². The van der Waals surface area contributed by atoms with Gasteiger partial charge >= 0.3 is 0 Å².